The third-order valence-electron chi connectivity index (χ3n) is 2.95. The Bertz CT molecular complexity index is 595. The van der Waals surface area contributed by atoms with Crippen molar-refractivity contribution in [3.8, 4) is 5.75 Å². The Labute approximate surface area is 113 Å². The summed E-state index contributed by atoms with van der Waals surface area (Å²) in [7, 11) is 0. The standard InChI is InChI=1S/C17H16O2/c1-2-13-6-8-14(9-7-13)10-11-17(19)15-4-3-5-16(18)12-15/h3-12,18H,2H2,1H3/b11-10+. The number of allylic oxidation sites excluding steroid dienone is 1. The topological polar surface area (TPSA) is 37.3 Å². The molecule has 2 aromatic carbocycles. The van der Waals surface area contributed by atoms with E-state index in [4.69, 9.17) is 0 Å². The maximum absolute atomic E-state index is 11.9. The van der Waals surface area contributed by atoms with Crippen molar-refractivity contribution < 1.29 is 9.90 Å². The van der Waals surface area contributed by atoms with E-state index in [1.807, 2.05) is 12.1 Å². The molecule has 0 fully saturated rings. The number of benzene rings is 2. The first-order valence-corrected chi connectivity index (χ1v) is 6.29. The smallest absolute Gasteiger partial charge is 0.185 e. The van der Waals surface area contributed by atoms with E-state index in [0.29, 0.717) is 5.56 Å². The number of aryl methyl sites for hydroxylation is 1. The summed E-state index contributed by atoms with van der Waals surface area (Å²) in [5.41, 5.74) is 2.75. The third kappa shape index (κ3) is 3.55. The summed E-state index contributed by atoms with van der Waals surface area (Å²) >= 11 is 0. The van der Waals surface area contributed by atoms with Crippen LogP contribution in [0.4, 0.5) is 0 Å². The van der Waals surface area contributed by atoms with Gasteiger partial charge < -0.3 is 5.11 Å². The Morgan fingerprint density at radius 1 is 1.16 bits per heavy atom. The van der Waals surface area contributed by atoms with Crippen LogP contribution in [0.2, 0.25) is 0 Å². The van der Waals surface area contributed by atoms with Crippen LogP contribution in [0.3, 0.4) is 0 Å². The van der Waals surface area contributed by atoms with Gasteiger partial charge in [-0.2, -0.15) is 0 Å². The van der Waals surface area contributed by atoms with Crippen LogP contribution in [0.5, 0.6) is 5.75 Å². The molecule has 0 aromatic heterocycles. The predicted molar refractivity (Wildman–Crippen MR) is 77.3 cm³/mol. The van der Waals surface area contributed by atoms with Crippen molar-refractivity contribution >= 4 is 11.9 Å². The lowest BCUT2D eigenvalue weighted by Gasteiger charge is -1.98. The van der Waals surface area contributed by atoms with Gasteiger partial charge in [-0.15, -0.1) is 0 Å². The number of phenols is 1. The molecule has 0 radical (unpaired) electrons. The molecule has 0 atom stereocenters. The molecular formula is C17H16O2. The molecule has 2 nitrogen and oxygen atoms in total. The second kappa shape index (κ2) is 6.01. The zero-order valence-electron chi connectivity index (χ0n) is 10.8. The van der Waals surface area contributed by atoms with Crippen LogP contribution >= 0.6 is 0 Å². The zero-order chi connectivity index (χ0) is 13.7. The van der Waals surface area contributed by atoms with Crippen LogP contribution in [0.25, 0.3) is 6.08 Å². The summed E-state index contributed by atoms with van der Waals surface area (Å²) in [6.07, 6.45) is 4.31. The van der Waals surface area contributed by atoms with Crippen molar-refractivity contribution in [1.82, 2.24) is 0 Å². The number of hydrogen-bond acceptors (Lipinski definition) is 2. The van der Waals surface area contributed by atoms with Gasteiger partial charge in [-0.05, 0) is 35.8 Å². The lowest BCUT2D eigenvalue weighted by Crippen LogP contribution is -1.93. The summed E-state index contributed by atoms with van der Waals surface area (Å²) in [6, 6.07) is 14.4. The summed E-state index contributed by atoms with van der Waals surface area (Å²) in [5, 5.41) is 9.33. The Hall–Kier alpha value is -2.35. The van der Waals surface area contributed by atoms with Gasteiger partial charge in [0.15, 0.2) is 5.78 Å². The lowest BCUT2D eigenvalue weighted by atomic mass is 10.1. The largest absolute Gasteiger partial charge is 0.508 e. The van der Waals surface area contributed by atoms with Gasteiger partial charge in [0.1, 0.15) is 5.75 Å². The van der Waals surface area contributed by atoms with Crippen molar-refractivity contribution in [2.75, 3.05) is 0 Å². The average Bonchev–Trinajstić information content (AvgIpc) is 2.45. The molecule has 0 aliphatic carbocycles. The van der Waals surface area contributed by atoms with Crippen LogP contribution in [0.1, 0.15) is 28.4 Å². The molecule has 2 heteroatoms. The maximum Gasteiger partial charge on any atom is 0.185 e. The summed E-state index contributed by atoms with van der Waals surface area (Å²) in [4.78, 5) is 11.9. The SMILES string of the molecule is CCc1ccc(/C=C/C(=O)c2cccc(O)c2)cc1. The van der Waals surface area contributed by atoms with Gasteiger partial charge in [-0.25, -0.2) is 0 Å². The van der Waals surface area contributed by atoms with Gasteiger partial charge in [0.2, 0.25) is 0 Å². The number of ketones is 1. The Balaban J connectivity index is 2.11. The van der Waals surface area contributed by atoms with Crippen LogP contribution in [-0.4, -0.2) is 10.9 Å². The van der Waals surface area contributed by atoms with Gasteiger partial charge in [0.05, 0.1) is 0 Å². The van der Waals surface area contributed by atoms with E-state index in [9.17, 15) is 9.90 Å². The van der Waals surface area contributed by atoms with Gasteiger partial charge in [-0.1, -0.05) is 49.4 Å². The highest BCUT2D eigenvalue weighted by Gasteiger charge is 2.01. The molecule has 0 aliphatic heterocycles. The van der Waals surface area contributed by atoms with E-state index >= 15 is 0 Å². The van der Waals surface area contributed by atoms with Crippen molar-refractivity contribution in [1.29, 1.82) is 0 Å². The highest BCUT2D eigenvalue weighted by atomic mass is 16.3. The molecular weight excluding hydrogens is 236 g/mol. The van der Waals surface area contributed by atoms with Crippen molar-refractivity contribution in [3.05, 3.63) is 71.3 Å². The number of aromatic hydroxyl groups is 1. The number of rotatable bonds is 4. The highest BCUT2D eigenvalue weighted by molar-refractivity contribution is 6.07. The number of phenolic OH excluding ortho intramolecular Hbond substituents is 1. The van der Waals surface area contributed by atoms with Crippen LogP contribution in [-0.2, 0) is 6.42 Å². The van der Waals surface area contributed by atoms with Crippen molar-refractivity contribution in [3.63, 3.8) is 0 Å². The van der Waals surface area contributed by atoms with E-state index in [1.165, 1.54) is 17.7 Å². The molecule has 0 amide bonds. The second-order valence-electron chi connectivity index (χ2n) is 4.34. The lowest BCUT2D eigenvalue weighted by molar-refractivity contribution is 0.104. The molecule has 0 aliphatic rings. The fourth-order valence-corrected chi connectivity index (χ4v) is 1.79. The Morgan fingerprint density at radius 2 is 1.89 bits per heavy atom. The van der Waals surface area contributed by atoms with Gasteiger partial charge in [-0.3, -0.25) is 4.79 Å². The van der Waals surface area contributed by atoms with E-state index < -0.39 is 0 Å². The fraction of sp³-hybridized carbons (Fsp3) is 0.118. The first-order chi connectivity index (χ1) is 9.19. The van der Waals surface area contributed by atoms with E-state index in [2.05, 4.69) is 19.1 Å². The van der Waals surface area contributed by atoms with Crippen LogP contribution < -0.4 is 0 Å². The van der Waals surface area contributed by atoms with Gasteiger partial charge >= 0.3 is 0 Å². The highest BCUT2D eigenvalue weighted by Crippen LogP contribution is 2.13. The molecule has 0 heterocycles. The second-order valence-corrected chi connectivity index (χ2v) is 4.34. The minimum absolute atomic E-state index is 0.103. The molecule has 19 heavy (non-hydrogen) atoms. The molecule has 0 bridgehead atoms. The summed E-state index contributed by atoms with van der Waals surface area (Å²) in [5.74, 6) is -0.0120. The average molecular weight is 252 g/mol. The molecule has 1 N–H and O–H groups in total. The minimum Gasteiger partial charge on any atom is -0.508 e. The first kappa shape index (κ1) is 13.1. The van der Waals surface area contributed by atoms with E-state index in [0.717, 1.165) is 12.0 Å². The van der Waals surface area contributed by atoms with Gasteiger partial charge in [0, 0.05) is 5.56 Å². The molecule has 0 spiro atoms. The monoisotopic (exact) mass is 252 g/mol. The van der Waals surface area contributed by atoms with Crippen LogP contribution in [0, 0.1) is 0 Å². The number of hydrogen-bond donors (Lipinski definition) is 1. The number of carbonyl (C=O) groups excluding carboxylic acids is 1. The molecule has 0 saturated carbocycles. The predicted octanol–water partition coefficient (Wildman–Crippen LogP) is 3.85. The zero-order valence-corrected chi connectivity index (χ0v) is 10.8. The molecule has 2 aromatic rings. The fourth-order valence-electron chi connectivity index (χ4n) is 1.79. The third-order valence-corrected chi connectivity index (χ3v) is 2.95. The van der Waals surface area contributed by atoms with Crippen molar-refractivity contribution in [2.24, 2.45) is 0 Å². The quantitative estimate of drug-likeness (QED) is 0.663. The van der Waals surface area contributed by atoms with E-state index in [-0.39, 0.29) is 11.5 Å². The summed E-state index contributed by atoms with van der Waals surface area (Å²) < 4.78 is 0. The molecule has 96 valence electrons. The molecule has 2 rings (SSSR count). The summed E-state index contributed by atoms with van der Waals surface area (Å²) in [6.45, 7) is 2.11. The maximum atomic E-state index is 11.9. The van der Waals surface area contributed by atoms with E-state index in [1.54, 1.807) is 24.3 Å². The first-order valence-electron chi connectivity index (χ1n) is 6.29. The Kier molecular flexibility index (Phi) is 4.14. The molecule has 0 saturated heterocycles. The normalized spacial score (nSPS) is 10.8. The minimum atomic E-state index is -0.115. The number of carbonyl (C=O) groups is 1. The van der Waals surface area contributed by atoms with Crippen LogP contribution in [0.15, 0.2) is 54.6 Å². The van der Waals surface area contributed by atoms with Crippen molar-refractivity contribution in [2.45, 2.75) is 13.3 Å². The molecule has 0 unspecified atom stereocenters. The Morgan fingerprint density at radius 3 is 2.53 bits per heavy atom. The van der Waals surface area contributed by atoms with Gasteiger partial charge in [0.25, 0.3) is 0 Å².